The number of ketones is 1. The Morgan fingerprint density at radius 2 is 1.88 bits per heavy atom. The van der Waals surface area contributed by atoms with Gasteiger partial charge in [-0.25, -0.2) is 0 Å². The van der Waals surface area contributed by atoms with Gasteiger partial charge >= 0.3 is 5.38 Å². The Balaban J connectivity index is 2.61. The van der Waals surface area contributed by atoms with Gasteiger partial charge in [0.2, 0.25) is 0 Å². The van der Waals surface area contributed by atoms with Crippen molar-refractivity contribution in [1.82, 2.24) is 0 Å². The maximum Gasteiger partial charge on any atom is 0.328 e. The van der Waals surface area contributed by atoms with Crippen LogP contribution in [0.2, 0.25) is 0 Å². The van der Waals surface area contributed by atoms with Gasteiger partial charge in [-0.15, -0.1) is 0 Å². The lowest BCUT2D eigenvalue weighted by atomic mass is 10.2. The van der Waals surface area contributed by atoms with Crippen LogP contribution in [0, 0.1) is 6.92 Å². The van der Waals surface area contributed by atoms with Crippen molar-refractivity contribution in [3.63, 3.8) is 0 Å². The van der Waals surface area contributed by atoms with E-state index in [-0.39, 0.29) is 0 Å². The van der Waals surface area contributed by atoms with E-state index in [1.165, 1.54) is 0 Å². The summed E-state index contributed by atoms with van der Waals surface area (Å²) in [5, 5.41) is -3.56. The van der Waals surface area contributed by atoms with Crippen LogP contribution in [0.3, 0.4) is 0 Å². The fraction of sp³-hybridized carbons (Fsp3) is 0.364. The molecule has 6 heteroatoms. The smallest absolute Gasteiger partial charge is 0.298 e. The Bertz CT molecular complexity index is 426. The van der Waals surface area contributed by atoms with E-state index in [2.05, 4.69) is 11.6 Å². The van der Waals surface area contributed by atoms with Crippen LogP contribution in [-0.2, 0) is 15.6 Å². The average Bonchev–Trinajstić information content (AvgIpc) is 2.15. The number of aryl methyl sites for hydroxylation is 1. The summed E-state index contributed by atoms with van der Waals surface area (Å²) in [6.07, 6.45) is -1.09. The molecule has 0 fully saturated rings. The monoisotopic (exact) mass is 280 g/mol. The highest BCUT2D eigenvalue weighted by atomic mass is 35.5. The van der Waals surface area contributed by atoms with E-state index in [1.807, 2.05) is 6.92 Å². The van der Waals surface area contributed by atoms with Crippen molar-refractivity contribution in [2.24, 2.45) is 0 Å². The summed E-state index contributed by atoms with van der Waals surface area (Å²) in [6.45, 7) is 1.87. The molecular weight excluding hydrogens is 270 g/mol. The van der Waals surface area contributed by atoms with Crippen molar-refractivity contribution in [2.45, 2.75) is 23.6 Å². The number of alkyl halides is 3. The van der Waals surface area contributed by atoms with Gasteiger partial charge in [0.05, 0.1) is 23.0 Å². The summed E-state index contributed by atoms with van der Waals surface area (Å²) in [5.41, 5.74) is 0.990. The molecule has 0 aliphatic carbocycles. The van der Waals surface area contributed by atoms with Gasteiger partial charge in [-0.05, 0) is 30.7 Å². The first-order valence-corrected chi connectivity index (χ1v) is 6.51. The second kappa shape index (κ2) is 5.69. The van der Waals surface area contributed by atoms with Crippen molar-refractivity contribution in [2.75, 3.05) is 5.75 Å². The number of carbonyl (C=O) groups is 1. The van der Waals surface area contributed by atoms with Gasteiger partial charge in [0.25, 0.3) is 0 Å². The number of Topliss-reactive ketones (excluding diaryl/α,β-unsaturated/α-hetero) is 1. The van der Waals surface area contributed by atoms with Crippen LogP contribution in [0.15, 0.2) is 29.2 Å². The van der Waals surface area contributed by atoms with E-state index in [4.69, 9.17) is 0 Å². The molecule has 0 spiro atoms. The Kier molecular flexibility index (Phi) is 4.77. The highest BCUT2D eigenvalue weighted by Gasteiger charge is 2.29. The van der Waals surface area contributed by atoms with Crippen LogP contribution >= 0.6 is 11.6 Å². The lowest BCUT2D eigenvalue weighted by Crippen LogP contribution is -2.19. The van der Waals surface area contributed by atoms with E-state index < -0.39 is 34.1 Å². The standard InChI is InChI=1S/C11H11ClF2O2S/c1-8-2-4-10(5-3-8)17(16)7-9(15)6-11(12,13)14/h2-5H,6-7H2,1H3/t17-/m1/s1. The van der Waals surface area contributed by atoms with Crippen molar-refractivity contribution < 1.29 is 17.8 Å². The van der Waals surface area contributed by atoms with Crippen LogP contribution in [0.25, 0.3) is 0 Å². The third kappa shape index (κ3) is 5.37. The molecule has 1 rings (SSSR count). The number of halogens is 3. The van der Waals surface area contributed by atoms with Gasteiger partial charge in [0.1, 0.15) is 0 Å². The van der Waals surface area contributed by atoms with E-state index in [0.717, 1.165) is 5.56 Å². The molecule has 0 saturated heterocycles. The second-order valence-corrected chi connectivity index (χ2v) is 5.64. The Hall–Kier alpha value is -0.810. The fourth-order valence-electron chi connectivity index (χ4n) is 1.19. The predicted molar refractivity (Wildman–Crippen MR) is 62.9 cm³/mol. The van der Waals surface area contributed by atoms with Gasteiger partial charge in [-0.2, -0.15) is 8.78 Å². The summed E-state index contributed by atoms with van der Waals surface area (Å²) in [4.78, 5) is 11.6. The molecule has 0 N–H and O–H groups in total. The van der Waals surface area contributed by atoms with Crippen LogP contribution in [0.4, 0.5) is 8.78 Å². The summed E-state index contributed by atoms with van der Waals surface area (Å²) < 4.78 is 36.3. The first-order chi connectivity index (χ1) is 7.78. The average molecular weight is 281 g/mol. The fourth-order valence-corrected chi connectivity index (χ4v) is 2.34. The summed E-state index contributed by atoms with van der Waals surface area (Å²) >= 11 is 4.63. The molecule has 0 aromatic heterocycles. The highest BCUT2D eigenvalue weighted by molar-refractivity contribution is 7.85. The van der Waals surface area contributed by atoms with Crippen LogP contribution in [-0.4, -0.2) is 21.1 Å². The molecule has 1 aromatic rings. The van der Waals surface area contributed by atoms with Crippen LogP contribution in [0.5, 0.6) is 0 Å². The Labute approximate surface area is 105 Å². The number of hydrogen-bond acceptors (Lipinski definition) is 2. The molecule has 2 nitrogen and oxygen atoms in total. The summed E-state index contributed by atoms with van der Waals surface area (Å²) in [6, 6.07) is 6.71. The quantitative estimate of drug-likeness (QED) is 0.777. The SMILES string of the molecule is Cc1ccc([S@](=O)CC(=O)CC(F)(F)Cl)cc1. The Morgan fingerprint density at radius 3 is 2.35 bits per heavy atom. The van der Waals surface area contributed by atoms with Crippen molar-refractivity contribution in [3.8, 4) is 0 Å². The number of hydrogen-bond donors (Lipinski definition) is 0. The van der Waals surface area contributed by atoms with E-state index in [9.17, 15) is 17.8 Å². The maximum absolute atomic E-state index is 12.3. The van der Waals surface area contributed by atoms with Gasteiger partial charge in [-0.3, -0.25) is 9.00 Å². The predicted octanol–water partition coefficient (Wildman–Crippen LogP) is 2.89. The summed E-state index contributed by atoms with van der Waals surface area (Å²) in [5.74, 6) is -1.25. The third-order valence-corrected chi connectivity index (χ3v) is 3.49. The molecule has 0 heterocycles. The maximum atomic E-state index is 12.3. The van der Waals surface area contributed by atoms with E-state index >= 15 is 0 Å². The van der Waals surface area contributed by atoms with E-state index in [1.54, 1.807) is 24.3 Å². The minimum absolute atomic E-state index is 0.439. The Morgan fingerprint density at radius 1 is 1.35 bits per heavy atom. The topological polar surface area (TPSA) is 34.1 Å². The summed E-state index contributed by atoms with van der Waals surface area (Å²) in [7, 11) is -1.60. The normalized spacial score (nSPS) is 13.4. The molecule has 0 radical (unpaired) electrons. The molecule has 1 aromatic carbocycles. The molecule has 0 aliphatic rings. The molecule has 0 unspecified atom stereocenters. The minimum atomic E-state index is -3.56. The number of carbonyl (C=O) groups excluding carboxylic acids is 1. The zero-order chi connectivity index (χ0) is 13.1. The van der Waals surface area contributed by atoms with E-state index in [0.29, 0.717) is 4.90 Å². The number of rotatable bonds is 5. The molecule has 0 bridgehead atoms. The molecule has 1 atom stereocenters. The first kappa shape index (κ1) is 14.3. The van der Waals surface area contributed by atoms with Gasteiger partial charge in [-0.1, -0.05) is 17.7 Å². The molecular formula is C11H11ClF2O2S. The largest absolute Gasteiger partial charge is 0.328 e. The van der Waals surface area contributed by atoms with Crippen molar-refractivity contribution in [1.29, 1.82) is 0 Å². The van der Waals surface area contributed by atoms with Crippen LogP contribution < -0.4 is 0 Å². The van der Waals surface area contributed by atoms with Crippen LogP contribution in [0.1, 0.15) is 12.0 Å². The molecule has 0 amide bonds. The highest BCUT2D eigenvalue weighted by Crippen LogP contribution is 2.23. The first-order valence-electron chi connectivity index (χ1n) is 4.81. The van der Waals surface area contributed by atoms with Gasteiger partial charge in [0.15, 0.2) is 5.78 Å². The van der Waals surface area contributed by atoms with Crippen molar-refractivity contribution in [3.05, 3.63) is 29.8 Å². The lowest BCUT2D eigenvalue weighted by Gasteiger charge is -2.06. The minimum Gasteiger partial charge on any atom is -0.298 e. The second-order valence-electron chi connectivity index (χ2n) is 3.63. The molecule has 0 aliphatic heterocycles. The molecule has 94 valence electrons. The molecule has 0 saturated carbocycles. The number of benzene rings is 1. The zero-order valence-electron chi connectivity index (χ0n) is 9.08. The zero-order valence-corrected chi connectivity index (χ0v) is 10.7. The van der Waals surface area contributed by atoms with Gasteiger partial charge < -0.3 is 0 Å². The van der Waals surface area contributed by atoms with Crippen molar-refractivity contribution >= 4 is 28.2 Å². The molecule has 17 heavy (non-hydrogen) atoms. The van der Waals surface area contributed by atoms with Gasteiger partial charge in [0, 0.05) is 4.90 Å². The lowest BCUT2D eigenvalue weighted by molar-refractivity contribution is -0.120. The third-order valence-electron chi connectivity index (χ3n) is 1.97.